The van der Waals surface area contributed by atoms with E-state index >= 15 is 0 Å². The van der Waals surface area contributed by atoms with Gasteiger partial charge < -0.3 is 20.3 Å². The average molecular weight is 522 g/mol. The number of rotatable bonds is 6. The second kappa shape index (κ2) is 10.5. The van der Waals surface area contributed by atoms with Crippen LogP contribution in [0.4, 0.5) is 15.9 Å². The van der Waals surface area contributed by atoms with Gasteiger partial charge in [-0.3, -0.25) is 4.79 Å². The Hall–Kier alpha value is -2.00. The average Bonchev–Trinajstić information content (AvgIpc) is 3.70. The van der Waals surface area contributed by atoms with Crippen LogP contribution in [0, 0.1) is 6.92 Å². The van der Waals surface area contributed by atoms with Gasteiger partial charge in [-0.25, -0.2) is 14.4 Å². The second-order valence-corrected chi connectivity index (χ2v) is 10.5. The zero-order valence-corrected chi connectivity index (χ0v) is 21.2. The molecule has 3 aliphatic rings. The Morgan fingerprint density at radius 3 is 2.57 bits per heavy atom. The predicted molar refractivity (Wildman–Crippen MR) is 135 cm³/mol. The molecule has 1 aromatic heterocycles. The number of carbonyl (C=O) groups is 1. The Kier molecular flexibility index (Phi) is 7.44. The summed E-state index contributed by atoms with van der Waals surface area (Å²) < 4.78 is 19.3. The number of hydrogen-bond donors (Lipinski definition) is 2. The maximum atomic E-state index is 14.1. The molecule has 10 heteroatoms. The zero-order chi connectivity index (χ0) is 24.5. The van der Waals surface area contributed by atoms with E-state index < -0.39 is 6.17 Å². The minimum atomic E-state index is -0.977. The number of ether oxygens (including phenoxy) is 1. The van der Waals surface area contributed by atoms with Crippen molar-refractivity contribution in [3.05, 3.63) is 45.3 Å². The quantitative estimate of drug-likeness (QED) is 0.554. The SMILES string of the molecule is Cc1c(Nc2ccc(Cl)c(Cl)c2)nc(C2CC2)nc1C(=O)N1CCC(N[C@H]2CCOC[C@H]2F)CC1. The highest BCUT2D eigenvalue weighted by atomic mass is 35.5. The van der Waals surface area contributed by atoms with E-state index in [4.69, 9.17) is 37.9 Å². The van der Waals surface area contributed by atoms with Crippen LogP contribution in [0.25, 0.3) is 0 Å². The number of carbonyl (C=O) groups excluding carboxylic acids is 1. The van der Waals surface area contributed by atoms with Gasteiger partial charge in [-0.1, -0.05) is 23.2 Å². The maximum Gasteiger partial charge on any atom is 0.272 e. The van der Waals surface area contributed by atoms with E-state index in [1.165, 1.54) is 0 Å². The fourth-order valence-corrected chi connectivity index (χ4v) is 4.99. The normalized spacial score (nSPS) is 23.4. The molecule has 0 spiro atoms. The molecule has 2 atom stereocenters. The largest absolute Gasteiger partial charge is 0.378 e. The molecule has 35 heavy (non-hydrogen) atoms. The topological polar surface area (TPSA) is 79.4 Å². The van der Waals surface area contributed by atoms with Crippen LogP contribution in [0.1, 0.15) is 59.9 Å². The highest BCUT2D eigenvalue weighted by Gasteiger charge is 2.33. The Morgan fingerprint density at radius 1 is 1.11 bits per heavy atom. The van der Waals surface area contributed by atoms with Crippen molar-refractivity contribution >= 4 is 40.6 Å². The minimum absolute atomic E-state index is 0.0862. The van der Waals surface area contributed by atoms with E-state index in [-0.39, 0.29) is 24.6 Å². The Labute approximate surface area is 214 Å². The number of amides is 1. The number of piperidine rings is 1. The van der Waals surface area contributed by atoms with E-state index in [0.29, 0.717) is 65.0 Å². The van der Waals surface area contributed by atoms with Crippen LogP contribution in [-0.2, 0) is 4.74 Å². The molecular formula is C25H30Cl2FN5O2. The molecule has 7 nitrogen and oxygen atoms in total. The van der Waals surface area contributed by atoms with E-state index in [1.807, 2.05) is 17.9 Å². The number of nitrogens with zero attached hydrogens (tertiary/aromatic N) is 3. The van der Waals surface area contributed by atoms with Crippen LogP contribution < -0.4 is 10.6 Å². The van der Waals surface area contributed by atoms with Crippen LogP contribution >= 0.6 is 23.2 Å². The summed E-state index contributed by atoms with van der Waals surface area (Å²) in [6, 6.07) is 5.31. The Bertz CT molecular complexity index is 1090. The number of alkyl halides is 1. The van der Waals surface area contributed by atoms with Gasteiger partial charge in [0.15, 0.2) is 0 Å². The Morgan fingerprint density at radius 2 is 1.89 bits per heavy atom. The molecule has 3 heterocycles. The summed E-state index contributed by atoms with van der Waals surface area (Å²) in [5, 5.41) is 7.66. The molecule has 1 saturated carbocycles. The molecule has 0 radical (unpaired) electrons. The Balaban J connectivity index is 1.30. The smallest absolute Gasteiger partial charge is 0.272 e. The molecule has 188 valence electrons. The fourth-order valence-electron chi connectivity index (χ4n) is 4.69. The molecule has 2 saturated heterocycles. The van der Waals surface area contributed by atoms with Gasteiger partial charge >= 0.3 is 0 Å². The van der Waals surface area contributed by atoms with Gasteiger partial charge in [-0.2, -0.15) is 0 Å². The predicted octanol–water partition coefficient (Wildman–Crippen LogP) is 5.03. The van der Waals surface area contributed by atoms with Gasteiger partial charge in [-0.05, 0) is 57.2 Å². The van der Waals surface area contributed by atoms with E-state index in [9.17, 15) is 9.18 Å². The van der Waals surface area contributed by atoms with Gasteiger partial charge in [0, 0.05) is 48.9 Å². The molecule has 1 aromatic carbocycles. The van der Waals surface area contributed by atoms with Gasteiger partial charge in [0.25, 0.3) is 5.91 Å². The van der Waals surface area contributed by atoms with Crippen molar-refractivity contribution in [1.29, 1.82) is 0 Å². The first kappa shape index (κ1) is 24.7. The van der Waals surface area contributed by atoms with Crippen molar-refractivity contribution < 1.29 is 13.9 Å². The first-order chi connectivity index (χ1) is 16.9. The molecule has 2 aliphatic heterocycles. The number of nitrogens with one attached hydrogen (secondary N) is 2. The third kappa shape index (κ3) is 5.71. The van der Waals surface area contributed by atoms with Gasteiger partial charge in [0.05, 0.1) is 16.7 Å². The minimum Gasteiger partial charge on any atom is -0.378 e. The number of halogens is 3. The number of aromatic nitrogens is 2. The summed E-state index contributed by atoms with van der Waals surface area (Å²) in [7, 11) is 0. The third-order valence-electron chi connectivity index (χ3n) is 7.01. The van der Waals surface area contributed by atoms with E-state index in [2.05, 4.69) is 10.6 Å². The molecule has 2 N–H and O–H groups in total. The molecule has 0 unspecified atom stereocenters. The fraction of sp³-hybridized carbons (Fsp3) is 0.560. The van der Waals surface area contributed by atoms with Crippen LogP contribution in [0.5, 0.6) is 0 Å². The number of benzene rings is 1. The second-order valence-electron chi connectivity index (χ2n) is 9.65. The van der Waals surface area contributed by atoms with Crippen molar-refractivity contribution in [1.82, 2.24) is 20.2 Å². The molecular weight excluding hydrogens is 492 g/mol. The summed E-state index contributed by atoms with van der Waals surface area (Å²) in [5.41, 5.74) is 1.88. The van der Waals surface area contributed by atoms with Crippen LogP contribution in [-0.4, -0.2) is 65.3 Å². The lowest BCUT2D eigenvalue weighted by Gasteiger charge is -2.36. The summed E-state index contributed by atoms with van der Waals surface area (Å²) in [6.45, 7) is 3.82. The number of likely N-dealkylation sites (tertiary alicyclic amines) is 1. The number of hydrogen-bond acceptors (Lipinski definition) is 6. The summed E-state index contributed by atoms with van der Waals surface area (Å²) >= 11 is 12.2. The lowest BCUT2D eigenvalue weighted by Crippen LogP contribution is -2.52. The highest BCUT2D eigenvalue weighted by Crippen LogP contribution is 2.39. The lowest BCUT2D eigenvalue weighted by atomic mass is 10.00. The van der Waals surface area contributed by atoms with Crippen molar-refractivity contribution in [3.63, 3.8) is 0 Å². The lowest BCUT2D eigenvalue weighted by molar-refractivity contribution is 0.00840. The van der Waals surface area contributed by atoms with Crippen LogP contribution in [0.3, 0.4) is 0 Å². The van der Waals surface area contributed by atoms with Gasteiger partial charge in [0.1, 0.15) is 23.5 Å². The summed E-state index contributed by atoms with van der Waals surface area (Å²) in [5.74, 6) is 1.51. The van der Waals surface area contributed by atoms with Gasteiger partial charge in [-0.15, -0.1) is 0 Å². The monoisotopic (exact) mass is 521 g/mol. The van der Waals surface area contributed by atoms with Crippen molar-refractivity contribution in [2.45, 2.75) is 63.2 Å². The van der Waals surface area contributed by atoms with Crippen molar-refractivity contribution in [2.24, 2.45) is 0 Å². The molecule has 1 amide bonds. The van der Waals surface area contributed by atoms with Crippen LogP contribution in [0.15, 0.2) is 18.2 Å². The first-order valence-corrected chi connectivity index (χ1v) is 13.0. The van der Waals surface area contributed by atoms with Crippen molar-refractivity contribution in [2.75, 3.05) is 31.6 Å². The molecule has 3 fully saturated rings. The molecule has 5 rings (SSSR count). The molecule has 1 aliphatic carbocycles. The maximum absolute atomic E-state index is 14.1. The van der Waals surface area contributed by atoms with Crippen LogP contribution in [0.2, 0.25) is 10.0 Å². The molecule has 0 bridgehead atoms. The third-order valence-corrected chi connectivity index (χ3v) is 7.75. The van der Waals surface area contributed by atoms with E-state index in [1.54, 1.807) is 12.1 Å². The first-order valence-electron chi connectivity index (χ1n) is 12.3. The standard InChI is InChI=1S/C25H30Cl2FN5O2/c1-14-22(25(34)33-9-6-16(7-10-33)29-21-8-11-35-13-20(21)28)31-24(15-2-3-15)32-23(14)30-17-4-5-18(26)19(27)12-17/h4-5,12,15-16,20-21,29H,2-3,6-11,13H2,1H3,(H,30,31,32)/t20-,21+/m1/s1. The summed E-state index contributed by atoms with van der Waals surface area (Å²) in [6.07, 6.45) is 3.32. The van der Waals surface area contributed by atoms with Crippen molar-refractivity contribution in [3.8, 4) is 0 Å². The molecule has 2 aromatic rings. The zero-order valence-electron chi connectivity index (χ0n) is 19.7. The van der Waals surface area contributed by atoms with E-state index in [0.717, 1.165) is 31.4 Å². The highest BCUT2D eigenvalue weighted by molar-refractivity contribution is 6.42. The summed E-state index contributed by atoms with van der Waals surface area (Å²) in [4.78, 5) is 24.8. The number of anilines is 2. The van der Waals surface area contributed by atoms with Gasteiger partial charge in [0.2, 0.25) is 0 Å².